The Morgan fingerprint density at radius 1 is 1.44 bits per heavy atom. The molecule has 0 aromatic carbocycles. The maximum atomic E-state index is 6.03. The van der Waals surface area contributed by atoms with Gasteiger partial charge in [0.05, 0.1) is 6.10 Å². The van der Waals surface area contributed by atoms with E-state index in [-0.39, 0.29) is 6.10 Å². The van der Waals surface area contributed by atoms with Crippen LogP contribution in [0.3, 0.4) is 0 Å². The third kappa shape index (κ3) is 3.10. The van der Waals surface area contributed by atoms with Gasteiger partial charge >= 0.3 is 0 Å². The smallest absolute Gasteiger partial charge is 0.218 e. The quantitative estimate of drug-likeness (QED) is 0.879. The van der Waals surface area contributed by atoms with E-state index in [2.05, 4.69) is 21.8 Å². The normalized spacial score (nSPS) is 24.4. The monoisotopic (exact) mass is 250 g/mol. The molecule has 1 aromatic rings. The molecule has 18 heavy (non-hydrogen) atoms. The Balaban J connectivity index is 2.08. The van der Waals surface area contributed by atoms with Crippen molar-refractivity contribution < 1.29 is 4.74 Å². The lowest BCUT2D eigenvalue weighted by atomic mass is 9.95. The van der Waals surface area contributed by atoms with Crippen LogP contribution in [0.4, 0.5) is 5.82 Å². The van der Waals surface area contributed by atoms with E-state index in [9.17, 15) is 0 Å². The predicted molar refractivity (Wildman–Crippen MR) is 71.8 cm³/mol. The Morgan fingerprint density at radius 2 is 2.22 bits per heavy atom. The lowest BCUT2D eigenvalue weighted by molar-refractivity contribution is 0.232. The fraction of sp³-hybridized carbons (Fsp3) is 0.692. The second-order valence-corrected chi connectivity index (χ2v) is 5.26. The zero-order chi connectivity index (χ0) is 13.1. The lowest BCUT2D eigenvalue weighted by Crippen LogP contribution is -2.46. The van der Waals surface area contributed by atoms with Crippen molar-refractivity contribution in [2.45, 2.75) is 39.3 Å². The van der Waals surface area contributed by atoms with E-state index in [1.165, 1.54) is 0 Å². The van der Waals surface area contributed by atoms with Crippen LogP contribution in [0.5, 0.6) is 5.88 Å². The Morgan fingerprint density at radius 3 is 2.89 bits per heavy atom. The minimum absolute atomic E-state index is 0.126. The highest BCUT2D eigenvalue weighted by Crippen LogP contribution is 2.22. The summed E-state index contributed by atoms with van der Waals surface area (Å²) in [5.74, 6) is 2.06. The van der Waals surface area contributed by atoms with Gasteiger partial charge in [-0.2, -0.15) is 0 Å². The molecule has 2 atom stereocenters. The minimum Gasteiger partial charge on any atom is -0.475 e. The molecule has 2 heterocycles. The first kappa shape index (κ1) is 13.1. The summed E-state index contributed by atoms with van der Waals surface area (Å²) in [6.07, 6.45) is 2.69. The van der Waals surface area contributed by atoms with Gasteiger partial charge in [0.1, 0.15) is 12.1 Å². The van der Waals surface area contributed by atoms with E-state index in [0.29, 0.717) is 17.8 Å². The summed E-state index contributed by atoms with van der Waals surface area (Å²) in [7, 11) is 0. The minimum atomic E-state index is 0.126. The van der Waals surface area contributed by atoms with Crippen molar-refractivity contribution in [3.63, 3.8) is 0 Å². The molecule has 2 unspecified atom stereocenters. The Labute approximate surface area is 108 Å². The van der Waals surface area contributed by atoms with Gasteiger partial charge in [-0.1, -0.05) is 6.92 Å². The molecule has 0 bridgehead atoms. The highest BCUT2D eigenvalue weighted by Gasteiger charge is 2.24. The molecule has 5 nitrogen and oxygen atoms in total. The van der Waals surface area contributed by atoms with Crippen LogP contribution < -0.4 is 15.4 Å². The fourth-order valence-corrected chi connectivity index (χ4v) is 2.18. The van der Waals surface area contributed by atoms with Gasteiger partial charge in [0.2, 0.25) is 5.88 Å². The molecule has 2 N–H and O–H groups in total. The molecule has 1 aromatic heterocycles. The summed E-state index contributed by atoms with van der Waals surface area (Å²) in [5.41, 5.74) is 6.03. The van der Waals surface area contributed by atoms with E-state index in [1.807, 2.05) is 19.9 Å². The molecule has 0 aliphatic carbocycles. The van der Waals surface area contributed by atoms with Crippen molar-refractivity contribution in [2.24, 2.45) is 11.7 Å². The van der Waals surface area contributed by atoms with Gasteiger partial charge in [-0.15, -0.1) is 0 Å². The van der Waals surface area contributed by atoms with Crippen molar-refractivity contribution in [3.8, 4) is 5.88 Å². The molecule has 0 spiro atoms. The van der Waals surface area contributed by atoms with E-state index in [0.717, 1.165) is 25.3 Å². The van der Waals surface area contributed by atoms with Gasteiger partial charge in [0.15, 0.2) is 0 Å². The second kappa shape index (κ2) is 5.52. The molecule has 0 amide bonds. The summed E-state index contributed by atoms with van der Waals surface area (Å²) in [4.78, 5) is 10.7. The number of nitrogens with two attached hydrogens (primary N) is 1. The summed E-state index contributed by atoms with van der Waals surface area (Å²) in [6, 6.07) is 2.21. The van der Waals surface area contributed by atoms with Crippen LogP contribution >= 0.6 is 0 Å². The maximum absolute atomic E-state index is 6.03. The average molecular weight is 250 g/mol. The van der Waals surface area contributed by atoms with Crippen molar-refractivity contribution in [2.75, 3.05) is 18.0 Å². The molecule has 0 radical (unpaired) electrons. The highest BCUT2D eigenvalue weighted by atomic mass is 16.5. The number of rotatable bonds is 3. The predicted octanol–water partition coefficient (Wildman–Crippen LogP) is 1.44. The summed E-state index contributed by atoms with van der Waals surface area (Å²) in [6.45, 7) is 8.06. The topological polar surface area (TPSA) is 64.3 Å². The Hall–Kier alpha value is -1.36. The first-order valence-corrected chi connectivity index (χ1v) is 6.55. The average Bonchev–Trinajstić information content (AvgIpc) is 2.32. The van der Waals surface area contributed by atoms with Gasteiger partial charge in [0.25, 0.3) is 0 Å². The number of aromatic nitrogens is 2. The van der Waals surface area contributed by atoms with E-state index < -0.39 is 0 Å². The number of anilines is 1. The van der Waals surface area contributed by atoms with Crippen molar-refractivity contribution in [1.82, 2.24) is 9.97 Å². The first-order chi connectivity index (χ1) is 8.56. The van der Waals surface area contributed by atoms with Crippen LogP contribution in [-0.2, 0) is 0 Å². The number of nitrogens with zero attached hydrogens (tertiary/aromatic N) is 3. The van der Waals surface area contributed by atoms with Crippen LogP contribution in [0.2, 0.25) is 0 Å². The van der Waals surface area contributed by atoms with Crippen LogP contribution in [0, 0.1) is 5.92 Å². The maximum Gasteiger partial charge on any atom is 0.218 e. The summed E-state index contributed by atoms with van der Waals surface area (Å²) < 4.78 is 5.59. The van der Waals surface area contributed by atoms with Crippen LogP contribution in [0.25, 0.3) is 0 Å². The molecule has 1 fully saturated rings. The van der Waals surface area contributed by atoms with Gasteiger partial charge in [-0.3, -0.25) is 0 Å². The molecule has 2 rings (SSSR count). The molecule has 5 heteroatoms. The van der Waals surface area contributed by atoms with Gasteiger partial charge in [-0.05, 0) is 26.2 Å². The zero-order valence-corrected chi connectivity index (χ0v) is 11.3. The van der Waals surface area contributed by atoms with Crippen molar-refractivity contribution in [3.05, 3.63) is 12.4 Å². The van der Waals surface area contributed by atoms with E-state index in [4.69, 9.17) is 10.5 Å². The van der Waals surface area contributed by atoms with Crippen molar-refractivity contribution >= 4 is 5.82 Å². The van der Waals surface area contributed by atoms with Crippen LogP contribution in [0.15, 0.2) is 12.4 Å². The third-order valence-corrected chi connectivity index (χ3v) is 3.28. The number of hydrogen-bond acceptors (Lipinski definition) is 5. The van der Waals surface area contributed by atoms with Crippen LogP contribution in [-0.4, -0.2) is 35.2 Å². The second-order valence-electron chi connectivity index (χ2n) is 5.26. The highest BCUT2D eigenvalue weighted by molar-refractivity contribution is 5.41. The molecule has 1 aliphatic heterocycles. The molecular weight excluding hydrogens is 228 g/mol. The zero-order valence-electron chi connectivity index (χ0n) is 11.3. The Bertz CT molecular complexity index is 396. The molecule has 100 valence electrons. The SMILES string of the molecule is CC(C)Oc1cc(N2CCC(N)C(C)C2)ncn1. The van der Waals surface area contributed by atoms with Crippen molar-refractivity contribution in [1.29, 1.82) is 0 Å². The number of ether oxygens (including phenoxy) is 1. The standard InChI is InChI=1S/C13H22N4O/c1-9(2)18-13-6-12(15-8-16-13)17-5-4-11(14)10(3)7-17/h6,8-11H,4-5,7,14H2,1-3H3. The first-order valence-electron chi connectivity index (χ1n) is 6.55. The van der Waals surface area contributed by atoms with Gasteiger partial charge in [0, 0.05) is 25.2 Å². The largest absolute Gasteiger partial charge is 0.475 e. The summed E-state index contributed by atoms with van der Waals surface area (Å²) >= 11 is 0. The summed E-state index contributed by atoms with van der Waals surface area (Å²) in [5, 5.41) is 0. The number of piperidine rings is 1. The molecule has 1 aliphatic rings. The number of hydrogen-bond donors (Lipinski definition) is 1. The fourth-order valence-electron chi connectivity index (χ4n) is 2.18. The van der Waals surface area contributed by atoms with Gasteiger partial charge in [-0.25, -0.2) is 9.97 Å². The van der Waals surface area contributed by atoms with Gasteiger partial charge < -0.3 is 15.4 Å². The Kier molecular flexibility index (Phi) is 4.01. The molecule has 1 saturated heterocycles. The molecule has 0 saturated carbocycles. The lowest BCUT2D eigenvalue weighted by Gasteiger charge is -2.35. The van der Waals surface area contributed by atoms with E-state index >= 15 is 0 Å². The molecular formula is C13H22N4O. The van der Waals surface area contributed by atoms with Crippen LogP contribution in [0.1, 0.15) is 27.2 Å². The van der Waals surface area contributed by atoms with E-state index in [1.54, 1.807) is 6.33 Å². The third-order valence-electron chi connectivity index (χ3n) is 3.28.